The minimum absolute atomic E-state index is 0.0399. The van der Waals surface area contributed by atoms with Crippen molar-refractivity contribution >= 4 is 17.3 Å². The molecule has 0 bridgehead atoms. The summed E-state index contributed by atoms with van der Waals surface area (Å²) in [5, 5.41) is 27.2. The van der Waals surface area contributed by atoms with Gasteiger partial charge in [0.1, 0.15) is 18.1 Å². The number of nitrogens with zero attached hydrogens (tertiary/aromatic N) is 5. The Labute approximate surface area is 137 Å². The molecule has 0 spiro atoms. The van der Waals surface area contributed by atoms with Crippen LogP contribution in [0, 0.1) is 16.0 Å². The van der Waals surface area contributed by atoms with Gasteiger partial charge in [-0.25, -0.2) is 17.6 Å². The van der Waals surface area contributed by atoms with Crippen LogP contribution >= 0.6 is 0 Å². The zero-order valence-electron chi connectivity index (χ0n) is 12.7. The summed E-state index contributed by atoms with van der Waals surface area (Å²) in [6.45, 7) is 1.000. The number of halogens is 4. The number of carbonyl (C=O) groups excluding carboxylic acids is 1. The van der Waals surface area contributed by atoms with Crippen LogP contribution in [0.4, 0.5) is 23.2 Å². The summed E-state index contributed by atoms with van der Waals surface area (Å²) in [5.41, 5.74) is -4.53. The van der Waals surface area contributed by atoms with Gasteiger partial charge in [-0.05, 0) is 0 Å². The lowest BCUT2D eigenvalue weighted by molar-refractivity contribution is -0.385. The lowest BCUT2D eigenvalue weighted by Gasteiger charge is -2.31. The van der Waals surface area contributed by atoms with Gasteiger partial charge in [-0.3, -0.25) is 19.6 Å². The van der Waals surface area contributed by atoms with E-state index in [0.29, 0.717) is 0 Å². The number of hydrazone groups is 1. The maximum atomic E-state index is 13.1. The molecule has 0 saturated heterocycles. The third kappa shape index (κ3) is 3.60. The minimum Gasteiger partial charge on any atom is -0.364 e. The molecular formula is C12H13F4N5O4. The minimum atomic E-state index is -3.52. The Morgan fingerprint density at radius 3 is 2.60 bits per heavy atom. The van der Waals surface area contributed by atoms with Gasteiger partial charge >= 0.3 is 5.69 Å². The highest BCUT2D eigenvalue weighted by molar-refractivity contribution is 5.93. The van der Waals surface area contributed by atoms with Gasteiger partial charge in [-0.2, -0.15) is 15.2 Å². The Kier molecular flexibility index (Phi) is 5.06. The molecule has 138 valence electrons. The molecule has 2 atom stereocenters. The predicted molar refractivity (Wildman–Crippen MR) is 73.9 cm³/mol. The Balaban J connectivity index is 2.19. The van der Waals surface area contributed by atoms with Crippen molar-refractivity contribution in [2.45, 2.75) is 38.5 Å². The molecule has 0 aromatic carbocycles. The van der Waals surface area contributed by atoms with Crippen LogP contribution in [-0.4, -0.2) is 55.0 Å². The van der Waals surface area contributed by atoms with Gasteiger partial charge in [-0.15, -0.1) is 0 Å². The van der Waals surface area contributed by atoms with Gasteiger partial charge in [0.05, 0.1) is 17.4 Å². The molecule has 0 unspecified atom stereocenters. The lowest BCUT2D eigenvalue weighted by atomic mass is 10.1. The van der Waals surface area contributed by atoms with Crippen molar-refractivity contribution in [3.8, 4) is 0 Å². The average Bonchev–Trinajstić information content (AvgIpc) is 3.12. The van der Waals surface area contributed by atoms with E-state index in [2.05, 4.69) is 10.2 Å². The highest BCUT2D eigenvalue weighted by atomic mass is 19.3. The Hall–Kier alpha value is -2.57. The number of nitro groups is 1. The van der Waals surface area contributed by atoms with Crippen LogP contribution in [0.5, 0.6) is 0 Å². The van der Waals surface area contributed by atoms with Crippen LogP contribution in [0.2, 0.25) is 0 Å². The fourth-order valence-electron chi connectivity index (χ4n) is 2.24. The van der Waals surface area contributed by atoms with Crippen molar-refractivity contribution in [1.29, 1.82) is 0 Å². The molecule has 0 aliphatic carbocycles. The smallest absolute Gasteiger partial charge is 0.306 e. The fourth-order valence-corrected chi connectivity index (χ4v) is 2.24. The van der Waals surface area contributed by atoms with Gasteiger partial charge in [0.25, 0.3) is 12.9 Å². The highest BCUT2D eigenvalue weighted by Crippen LogP contribution is 2.34. The number of alkyl halides is 4. The third-order valence-corrected chi connectivity index (χ3v) is 3.56. The van der Waals surface area contributed by atoms with E-state index >= 15 is 0 Å². The van der Waals surface area contributed by atoms with Gasteiger partial charge in [0.15, 0.2) is 0 Å². The molecule has 1 amide bonds. The monoisotopic (exact) mass is 367 g/mol. The van der Waals surface area contributed by atoms with E-state index < -0.39 is 47.5 Å². The summed E-state index contributed by atoms with van der Waals surface area (Å²) < 4.78 is 52.6. The van der Waals surface area contributed by atoms with Crippen LogP contribution in [-0.2, 0) is 11.3 Å². The molecule has 0 fully saturated rings. The number of hydrogen-bond donors (Lipinski definition) is 1. The first-order chi connectivity index (χ1) is 11.6. The summed E-state index contributed by atoms with van der Waals surface area (Å²) in [6.07, 6.45) is -5.95. The van der Waals surface area contributed by atoms with Crippen LogP contribution in [0.25, 0.3) is 0 Å². The largest absolute Gasteiger partial charge is 0.364 e. The second-order valence-electron chi connectivity index (χ2n) is 5.48. The zero-order valence-corrected chi connectivity index (χ0v) is 12.7. The molecular weight excluding hydrogens is 354 g/mol. The molecule has 25 heavy (non-hydrogen) atoms. The predicted octanol–water partition coefficient (Wildman–Crippen LogP) is 1.23. The first-order valence-corrected chi connectivity index (χ1v) is 6.93. The van der Waals surface area contributed by atoms with E-state index in [1.807, 2.05) is 0 Å². The van der Waals surface area contributed by atoms with Crippen LogP contribution in [0.1, 0.15) is 13.3 Å². The summed E-state index contributed by atoms with van der Waals surface area (Å²) in [6, 6.07) is 0. The number of aromatic nitrogens is 2. The van der Waals surface area contributed by atoms with E-state index in [1.165, 1.54) is 6.92 Å². The average molecular weight is 367 g/mol. The first kappa shape index (κ1) is 18.8. The quantitative estimate of drug-likeness (QED) is 0.462. The number of aliphatic hydroxyl groups is 1. The van der Waals surface area contributed by atoms with Crippen molar-refractivity contribution in [1.82, 2.24) is 14.8 Å². The fraction of sp³-hybridized carbons (Fsp3) is 0.583. The van der Waals surface area contributed by atoms with Crippen molar-refractivity contribution in [3.63, 3.8) is 0 Å². The normalized spacial score (nSPS) is 21.8. The molecule has 0 radical (unpaired) electrons. The van der Waals surface area contributed by atoms with Crippen molar-refractivity contribution in [3.05, 3.63) is 22.5 Å². The van der Waals surface area contributed by atoms with Crippen molar-refractivity contribution < 1.29 is 32.4 Å². The van der Waals surface area contributed by atoms with Gasteiger partial charge in [0.2, 0.25) is 11.6 Å². The molecule has 13 heteroatoms. The molecule has 9 nitrogen and oxygen atoms in total. The number of rotatable bonds is 6. The van der Waals surface area contributed by atoms with Crippen LogP contribution < -0.4 is 0 Å². The van der Waals surface area contributed by atoms with Crippen molar-refractivity contribution in [2.75, 3.05) is 0 Å². The van der Waals surface area contributed by atoms with Crippen LogP contribution in [0.3, 0.4) is 0 Å². The SMILES string of the molecule is C[C@@H](Cn1cc([N+](=O)[O-])cn1)C(=O)N1N=C(C(F)F)C[C@@]1(O)C(F)F. The molecule has 0 saturated carbocycles. The maximum Gasteiger partial charge on any atom is 0.306 e. The van der Waals surface area contributed by atoms with E-state index in [1.54, 1.807) is 0 Å². The summed E-state index contributed by atoms with van der Waals surface area (Å²) >= 11 is 0. The molecule has 1 aliphatic heterocycles. The lowest BCUT2D eigenvalue weighted by Crippen LogP contribution is -2.53. The summed E-state index contributed by atoms with van der Waals surface area (Å²) in [7, 11) is 0. The second kappa shape index (κ2) is 6.74. The maximum absolute atomic E-state index is 13.1. The van der Waals surface area contributed by atoms with Gasteiger partial charge in [0, 0.05) is 6.42 Å². The molecule has 2 heterocycles. The molecule has 2 rings (SSSR count). The Morgan fingerprint density at radius 1 is 1.48 bits per heavy atom. The number of hydrogen-bond acceptors (Lipinski definition) is 6. The van der Waals surface area contributed by atoms with Crippen molar-refractivity contribution in [2.24, 2.45) is 11.0 Å². The third-order valence-electron chi connectivity index (χ3n) is 3.56. The molecule has 1 N–H and O–H groups in total. The van der Waals surface area contributed by atoms with E-state index in [0.717, 1.165) is 17.1 Å². The van der Waals surface area contributed by atoms with Gasteiger partial charge < -0.3 is 5.11 Å². The topological polar surface area (TPSA) is 114 Å². The second-order valence-corrected chi connectivity index (χ2v) is 5.48. The van der Waals surface area contributed by atoms with E-state index in [9.17, 15) is 37.6 Å². The molecule has 1 aromatic heterocycles. The standard InChI is InChI=1S/C12H13F4N5O4/c1-6(4-19-5-7(3-17-19)21(24)25)10(22)20-12(23,11(15)16)2-8(18-20)9(13)14/h3,5-6,9,11,23H,2,4H2,1H3/t6-,12+/m0/s1. The zero-order chi connectivity index (χ0) is 18.9. The van der Waals surface area contributed by atoms with E-state index in [-0.39, 0.29) is 17.2 Å². The Bertz CT molecular complexity index is 709. The summed E-state index contributed by atoms with van der Waals surface area (Å²) in [4.78, 5) is 22.1. The highest BCUT2D eigenvalue weighted by Gasteiger charge is 2.53. The molecule has 1 aromatic rings. The van der Waals surface area contributed by atoms with Crippen LogP contribution in [0.15, 0.2) is 17.5 Å². The van der Waals surface area contributed by atoms with Gasteiger partial charge in [-0.1, -0.05) is 6.92 Å². The summed E-state index contributed by atoms with van der Waals surface area (Å²) in [5.74, 6) is -2.26. The Morgan fingerprint density at radius 2 is 2.12 bits per heavy atom. The first-order valence-electron chi connectivity index (χ1n) is 6.93. The van der Waals surface area contributed by atoms with E-state index in [4.69, 9.17) is 0 Å². The molecule has 1 aliphatic rings. The number of amides is 1. The number of carbonyl (C=O) groups is 1.